The molecule has 0 spiro atoms. The molecule has 1 aromatic carbocycles. The number of likely N-dealkylation sites (tertiary alicyclic amines) is 1. The molecular formula is C16H21NO2S. The molecule has 20 heavy (non-hydrogen) atoms. The largest absolute Gasteiger partial charge is 0.389 e. The summed E-state index contributed by atoms with van der Waals surface area (Å²) in [6.07, 6.45) is 4.09. The second-order valence-electron chi connectivity index (χ2n) is 4.96. The number of amides is 1. The molecule has 0 bridgehead atoms. The van der Waals surface area contributed by atoms with Crippen molar-refractivity contribution in [2.45, 2.75) is 42.1 Å². The minimum Gasteiger partial charge on any atom is -0.389 e. The molecule has 4 heteroatoms. The predicted octanol–water partition coefficient (Wildman–Crippen LogP) is 3.05. The summed E-state index contributed by atoms with van der Waals surface area (Å²) in [6, 6.07) is 10.2. The highest BCUT2D eigenvalue weighted by Gasteiger charge is 2.31. The van der Waals surface area contributed by atoms with E-state index in [1.54, 1.807) is 17.8 Å². The topological polar surface area (TPSA) is 40.5 Å². The molecule has 0 radical (unpaired) electrons. The molecular weight excluding hydrogens is 270 g/mol. The molecule has 1 heterocycles. The molecule has 1 N–H and O–H groups in total. The van der Waals surface area contributed by atoms with Crippen molar-refractivity contribution in [2.24, 2.45) is 0 Å². The third-order valence-electron chi connectivity index (χ3n) is 3.46. The van der Waals surface area contributed by atoms with E-state index in [0.717, 1.165) is 12.8 Å². The fourth-order valence-corrected chi connectivity index (χ4v) is 3.56. The fourth-order valence-electron chi connectivity index (χ4n) is 2.34. The van der Waals surface area contributed by atoms with Gasteiger partial charge in [0.05, 0.1) is 11.5 Å². The third kappa shape index (κ3) is 4.12. The summed E-state index contributed by atoms with van der Waals surface area (Å²) in [5.74, 6) is 0.228. The van der Waals surface area contributed by atoms with E-state index in [0.29, 0.717) is 19.4 Å². The third-order valence-corrected chi connectivity index (χ3v) is 4.77. The van der Waals surface area contributed by atoms with Gasteiger partial charge >= 0.3 is 0 Å². The molecule has 1 amide bonds. The average molecular weight is 291 g/mol. The maximum Gasteiger partial charge on any atom is 0.223 e. The zero-order valence-corrected chi connectivity index (χ0v) is 12.4. The first-order valence-electron chi connectivity index (χ1n) is 7.02. The van der Waals surface area contributed by atoms with Crippen LogP contribution in [0.15, 0.2) is 47.9 Å². The fraction of sp³-hybridized carbons (Fsp3) is 0.438. The van der Waals surface area contributed by atoms with Gasteiger partial charge in [-0.05, 0) is 31.4 Å². The lowest BCUT2D eigenvalue weighted by Gasteiger charge is -2.24. The number of nitrogens with zero attached hydrogens (tertiary/aromatic N) is 1. The molecule has 1 saturated heterocycles. The summed E-state index contributed by atoms with van der Waals surface area (Å²) >= 11 is 1.75. The summed E-state index contributed by atoms with van der Waals surface area (Å²) in [5, 5.41) is 9.70. The smallest absolute Gasteiger partial charge is 0.223 e. The molecule has 1 fully saturated rings. The van der Waals surface area contributed by atoms with Gasteiger partial charge in [-0.2, -0.15) is 0 Å². The zero-order valence-electron chi connectivity index (χ0n) is 11.6. The molecule has 0 aliphatic carbocycles. The Labute approximate surface area is 124 Å². The van der Waals surface area contributed by atoms with Crippen LogP contribution in [0.5, 0.6) is 0 Å². The summed E-state index contributed by atoms with van der Waals surface area (Å²) in [6.45, 7) is 4.28. The van der Waals surface area contributed by atoms with Gasteiger partial charge in [0.1, 0.15) is 0 Å². The number of thioether (sulfide) groups is 1. The lowest BCUT2D eigenvalue weighted by Crippen LogP contribution is -2.32. The molecule has 2 rings (SSSR count). The number of aliphatic hydroxyl groups excluding tert-OH is 1. The summed E-state index contributed by atoms with van der Waals surface area (Å²) in [5.41, 5.74) is 0. The van der Waals surface area contributed by atoms with Crippen molar-refractivity contribution in [1.82, 2.24) is 4.90 Å². The SMILES string of the molecule is C=CC(O)CCCN1C(=O)CCC1Sc1ccccc1. The van der Waals surface area contributed by atoms with Gasteiger partial charge in [-0.25, -0.2) is 0 Å². The van der Waals surface area contributed by atoms with E-state index in [1.807, 2.05) is 23.1 Å². The standard InChI is InChI=1S/C16H21NO2S/c1-2-13(18)7-6-12-17-15(19)10-11-16(17)20-14-8-4-3-5-9-14/h2-5,8-9,13,16,18H,1,6-7,10-12H2. The minimum absolute atomic E-state index is 0.228. The lowest BCUT2D eigenvalue weighted by molar-refractivity contribution is -0.128. The van der Waals surface area contributed by atoms with E-state index in [4.69, 9.17) is 0 Å². The van der Waals surface area contributed by atoms with Crippen molar-refractivity contribution in [3.05, 3.63) is 43.0 Å². The molecule has 1 aromatic rings. The lowest BCUT2D eigenvalue weighted by atomic mass is 10.2. The van der Waals surface area contributed by atoms with Crippen LogP contribution in [-0.4, -0.2) is 33.9 Å². The van der Waals surface area contributed by atoms with Gasteiger partial charge < -0.3 is 10.0 Å². The van der Waals surface area contributed by atoms with Crippen molar-refractivity contribution in [3.63, 3.8) is 0 Å². The van der Waals surface area contributed by atoms with Crippen LogP contribution in [0.25, 0.3) is 0 Å². The first kappa shape index (κ1) is 15.1. The highest BCUT2D eigenvalue weighted by molar-refractivity contribution is 8.00. The van der Waals surface area contributed by atoms with E-state index >= 15 is 0 Å². The second kappa shape index (κ2) is 7.50. The second-order valence-corrected chi connectivity index (χ2v) is 6.21. The molecule has 2 atom stereocenters. The van der Waals surface area contributed by atoms with E-state index in [-0.39, 0.29) is 11.3 Å². The number of aliphatic hydroxyl groups is 1. The van der Waals surface area contributed by atoms with Gasteiger partial charge in [0, 0.05) is 17.9 Å². The highest BCUT2D eigenvalue weighted by Crippen LogP contribution is 2.33. The molecule has 0 aromatic heterocycles. The molecule has 3 nitrogen and oxygen atoms in total. The number of carbonyl (C=O) groups is 1. The van der Waals surface area contributed by atoms with E-state index in [1.165, 1.54) is 4.90 Å². The monoisotopic (exact) mass is 291 g/mol. The summed E-state index contributed by atoms with van der Waals surface area (Å²) in [4.78, 5) is 15.1. The van der Waals surface area contributed by atoms with Crippen molar-refractivity contribution in [3.8, 4) is 0 Å². The summed E-state index contributed by atoms with van der Waals surface area (Å²) < 4.78 is 0. The average Bonchev–Trinajstić information content (AvgIpc) is 2.81. The van der Waals surface area contributed by atoms with Crippen LogP contribution in [0.1, 0.15) is 25.7 Å². The first-order valence-corrected chi connectivity index (χ1v) is 7.90. The van der Waals surface area contributed by atoms with Crippen molar-refractivity contribution >= 4 is 17.7 Å². The van der Waals surface area contributed by atoms with E-state index < -0.39 is 6.10 Å². The number of hydrogen-bond donors (Lipinski definition) is 1. The normalized spacial score (nSPS) is 20.1. The quantitative estimate of drug-likeness (QED) is 0.785. The number of carbonyl (C=O) groups excluding carboxylic acids is 1. The molecule has 2 unspecified atom stereocenters. The van der Waals surface area contributed by atoms with Crippen LogP contribution in [-0.2, 0) is 4.79 Å². The Bertz CT molecular complexity index is 449. The molecule has 1 aliphatic heterocycles. The van der Waals surface area contributed by atoms with Gasteiger partial charge in [-0.3, -0.25) is 4.79 Å². The Balaban J connectivity index is 1.88. The maximum absolute atomic E-state index is 12.0. The maximum atomic E-state index is 12.0. The Morgan fingerprint density at radius 3 is 2.90 bits per heavy atom. The Morgan fingerprint density at radius 1 is 1.45 bits per heavy atom. The van der Waals surface area contributed by atoms with Gasteiger partial charge in [-0.15, -0.1) is 18.3 Å². The molecule has 108 valence electrons. The Hall–Kier alpha value is -1.26. The zero-order chi connectivity index (χ0) is 14.4. The van der Waals surface area contributed by atoms with Gasteiger partial charge in [0.2, 0.25) is 5.91 Å². The number of rotatable bonds is 7. The van der Waals surface area contributed by atoms with Crippen LogP contribution in [0.3, 0.4) is 0 Å². The van der Waals surface area contributed by atoms with Gasteiger partial charge in [-0.1, -0.05) is 24.3 Å². The van der Waals surface area contributed by atoms with Crippen LogP contribution in [0.4, 0.5) is 0 Å². The van der Waals surface area contributed by atoms with E-state index in [2.05, 4.69) is 18.7 Å². The van der Waals surface area contributed by atoms with Crippen molar-refractivity contribution in [2.75, 3.05) is 6.54 Å². The summed E-state index contributed by atoms with van der Waals surface area (Å²) in [7, 11) is 0. The molecule has 0 saturated carbocycles. The highest BCUT2D eigenvalue weighted by atomic mass is 32.2. The van der Waals surface area contributed by atoms with Crippen LogP contribution >= 0.6 is 11.8 Å². The van der Waals surface area contributed by atoms with E-state index in [9.17, 15) is 9.90 Å². The van der Waals surface area contributed by atoms with Crippen molar-refractivity contribution in [1.29, 1.82) is 0 Å². The van der Waals surface area contributed by atoms with Gasteiger partial charge in [0.25, 0.3) is 0 Å². The Morgan fingerprint density at radius 2 is 2.20 bits per heavy atom. The van der Waals surface area contributed by atoms with Crippen LogP contribution in [0, 0.1) is 0 Å². The number of hydrogen-bond acceptors (Lipinski definition) is 3. The minimum atomic E-state index is -0.465. The number of benzene rings is 1. The Kier molecular flexibility index (Phi) is 5.68. The predicted molar refractivity (Wildman–Crippen MR) is 82.5 cm³/mol. The van der Waals surface area contributed by atoms with Crippen molar-refractivity contribution < 1.29 is 9.90 Å². The van der Waals surface area contributed by atoms with Crippen LogP contribution < -0.4 is 0 Å². The van der Waals surface area contributed by atoms with Gasteiger partial charge in [0.15, 0.2) is 0 Å². The van der Waals surface area contributed by atoms with Crippen LogP contribution in [0.2, 0.25) is 0 Å². The molecule has 1 aliphatic rings. The first-order chi connectivity index (χ1) is 9.70.